The van der Waals surface area contributed by atoms with Gasteiger partial charge in [0.2, 0.25) is 0 Å². The molecule has 3 aromatic rings. The number of nitrogens with zero attached hydrogens (tertiary/aromatic N) is 3. The fraction of sp³-hybridized carbons (Fsp3) is 0.286. The molecule has 0 radical (unpaired) electrons. The summed E-state index contributed by atoms with van der Waals surface area (Å²) in [5.41, 5.74) is 1.16. The molecule has 0 aliphatic carbocycles. The third kappa shape index (κ3) is 4.09. The van der Waals surface area contributed by atoms with Crippen LogP contribution in [-0.4, -0.2) is 29.1 Å². The number of halogens is 1. The molecule has 0 fully saturated rings. The molecule has 0 amide bonds. The van der Waals surface area contributed by atoms with Crippen LogP contribution in [0.25, 0.3) is 10.9 Å². The van der Waals surface area contributed by atoms with Gasteiger partial charge >= 0.3 is 0 Å². The van der Waals surface area contributed by atoms with Gasteiger partial charge in [-0.3, -0.25) is 4.79 Å². The van der Waals surface area contributed by atoms with E-state index >= 15 is 0 Å². The molecule has 0 bridgehead atoms. The minimum atomic E-state index is -0.214. The minimum Gasteiger partial charge on any atom is -0.493 e. The zero-order chi connectivity index (χ0) is 20.3. The smallest absolute Gasteiger partial charge is 0.282 e. The monoisotopic (exact) mass is 443 g/mol. The summed E-state index contributed by atoms with van der Waals surface area (Å²) >= 11 is 3.41. The van der Waals surface area contributed by atoms with Crippen LogP contribution in [0, 0.1) is 0 Å². The van der Waals surface area contributed by atoms with Gasteiger partial charge in [-0.25, -0.2) is 4.98 Å². The third-order valence-corrected chi connectivity index (χ3v) is 4.58. The lowest BCUT2D eigenvalue weighted by atomic mass is 10.2. The van der Waals surface area contributed by atoms with Crippen LogP contribution in [0.1, 0.15) is 32.2 Å². The van der Waals surface area contributed by atoms with E-state index < -0.39 is 0 Å². The number of methoxy groups -OCH3 is 1. The van der Waals surface area contributed by atoms with Gasteiger partial charge in [0.15, 0.2) is 11.5 Å². The molecule has 0 atom stereocenters. The van der Waals surface area contributed by atoms with Gasteiger partial charge in [0.25, 0.3) is 5.56 Å². The number of benzene rings is 2. The molecule has 2 aromatic carbocycles. The van der Waals surface area contributed by atoms with Crippen LogP contribution in [0.2, 0.25) is 0 Å². The van der Waals surface area contributed by atoms with E-state index in [1.54, 1.807) is 19.4 Å². The molecule has 0 aliphatic heterocycles. The van der Waals surface area contributed by atoms with Crippen molar-refractivity contribution in [2.24, 2.45) is 5.10 Å². The standard InChI is InChI=1S/C21H22BrN3O3/c1-5-19-24-17-10-9-15(22)11-16(17)21(26)25(19)23-12-14-7-6-8-18(27-4)20(14)28-13(2)3/h6-13H,5H2,1-4H3. The summed E-state index contributed by atoms with van der Waals surface area (Å²) < 4.78 is 13.5. The van der Waals surface area contributed by atoms with Crippen molar-refractivity contribution in [3.8, 4) is 11.5 Å². The van der Waals surface area contributed by atoms with Crippen LogP contribution in [0.3, 0.4) is 0 Å². The highest BCUT2D eigenvalue weighted by Gasteiger charge is 2.13. The van der Waals surface area contributed by atoms with Gasteiger partial charge in [0.1, 0.15) is 5.82 Å². The van der Waals surface area contributed by atoms with Gasteiger partial charge < -0.3 is 9.47 Å². The number of fused-ring (bicyclic) bond motifs is 1. The third-order valence-electron chi connectivity index (χ3n) is 4.09. The number of aromatic nitrogens is 2. The fourth-order valence-corrected chi connectivity index (χ4v) is 3.18. The zero-order valence-corrected chi connectivity index (χ0v) is 17.9. The Morgan fingerprint density at radius 1 is 1.29 bits per heavy atom. The minimum absolute atomic E-state index is 0.0305. The summed E-state index contributed by atoms with van der Waals surface area (Å²) in [6.45, 7) is 5.83. The van der Waals surface area contributed by atoms with Crippen LogP contribution >= 0.6 is 15.9 Å². The molecule has 0 aliphatic rings. The van der Waals surface area contributed by atoms with E-state index in [-0.39, 0.29) is 11.7 Å². The summed E-state index contributed by atoms with van der Waals surface area (Å²) in [7, 11) is 1.59. The predicted octanol–water partition coefficient (Wildman–Crippen LogP) is 4.40. The molecule has 0 saturated carbocycles. The lowest BCUT2D eigenvalue weighted by Crippen LogP contribution is -2.22. The summed E-state index contributed by atoms with van der Waals surface area (Å²) in [6.07, 6.45) is 2.15. The fourth-order valence-electron chi connectivity index (χ4n) is 2.82. The normalized spacial score (nSPS) is 11.5. The van der Waals surface area contributed by atoms with E-state index in [0.29, 0.717) is 34.6 Å². The van der Waals surface area contributed by atoms with E-state index in [9.17, 15) is 4.79 Å². The van der Waals surface area contributed by atoms with Crippen molar-refractivity contribution in [2.45, 2.75) is 33.3 Å². The second kappa shape index (κ2) is 8.56. The molecule has 6 nitrogen and oxygen atoms in total. The number of rotatable bonds is 6. The van der Waals surface area contributed by atoms with Gasteiger partial charge in [0.05, 0.1) is 30.3 Å². The summed E-state index contributed by atoms with van der Waals surface area (Å²) in [5.74, 6) is 1.79. The average Bonchev–Trinajstić information content (AvgIpc) is 2.68. The van der Waals surface area contributed by atoms with E-state index in [1.807, 2.05) is 51.1 Å². The summed E-state index contributed by atoms with van der Waals surface area (Å²) in [6, 6.07) is 11.0. The van der Waals surface area contributed by atoms with Crippen LogP contribution in [0.15, 0.2) is 50.8 Å². The molecule has 0 saturated heterocycles. The first-order chi connectivity index (χ1) is 13.4. The van der Waals surface area contributed by atoms with Crippen LogP contribution < -0.4 is 15.0 Å². The van der Waals surface area contributed by atoms with Crippen molar-refractivity contribution in [1.82, 2.24) is 9.66 Å². The van der Waals surface area contributed by atoms with Crippen molar-refractivity contribution < 1.29 is 9.47 Å². The largest absolute Gasteiger partial charge is 0.493 e. The Balaban J connectivity index is 2.14. The van der Waals surface area contributed by atoms with Gasteiger partial charge in [-0.2, -0.15) is 9.78 Å². The predicted molar refractivity (Wildman–Crippen MR) is 115 cm³/mol. The average molecular weight is 444 g/mol. The van der Waals surface area contributed by atoms with Crippen LogP contribution in [0.4, 0.5) is 0 Å². The molecular weight excluding hydrogens is 422 g/mol. The lowest BCUT2D eigenvalue weighted by molar-refractivity contribution is 0.230. The second-order valence-corrected chi connectivity index (χ2v) is 7.37. The zero-order valence-electron chi connectivity index (χ0n) is 16.3. The Labute approximate surface area is 171 Å². The molecule has 7 heteroatoms. The molecule has 0 spiro atoms. The number of para-hydroxylation sites is 1. The highest BCUT2D eigenvalue weighted by molar-refractivity contribution is 9.10. The number of hydrogen-bond acceptors (Lipinski definition) is 5. The Morgan fingerprint density at radius 3 is 2.75 bits per heavy atom. The van der Waals surface area contributed by atoms with Crippen LogP contribution in [0.5, 0.6) is 11.5 Å². The molecule has 3 rings (SSSR count). The van der Waals surface area contributed by atoms with Crippen molar-refractivity contribution in [2.75, 3.05) is 7.11 Å². The maximum atomic E-state index is 13.0. The van der Waals surface area contributed by atoms with Crippen molar-refractivity contribution in [3.63, 3.8) is 0 Å². The summed E-state index contributed by atoms with van der Waals surface area (Å²) in [5, 5.41) is 4.94. The Bertz CT molecular complexity index is 1090. The molecule has 28 heavy (non-hydrogen) atoms. The maximum Gasteiger partial charge on any atom is 0.282 e. The first-order valence-electron chi connectivity index (χ1n) is 9.03. The first kappa shape index (κ1) is 20.1. The van der Waals surface area contributed by atoms with E-state index in [2.05, 4.69) is 26.0 Å². The first-order valence-corrected chi connectivity index (χ1v) is 9.83. The van der Waals surface area contributed by atoms with Crippen molar-refractivity contribution >= 4 is 33.0 Å². The highest BCUT2D eigenvalue weighted by Crippen LogP contribution is 2.31. The van der Waals surface area contributed by atoms with Gasteiger partial charge in [-0.1, -0.05) is 28.9 Å². The molecule has 146 valence electrons. The topological polar surface area (TPSA) is 65.7 Å². The van der Waals surface area contributed by atoms with Gasteiger partial charge in [-0.05, 0) is 44.2 Å². The quantitative estimate of drug-likeness (QED) is 0.529. The number of hydrogen-bond donors (Lipinski definition) is 0. The SMILES string of the molecule is CCc1nc2ccc(Br)cc2c(=O)n1N=Cc1cccc(OC)c1OC(C)C. The van der Waals surface area contributed by atoms with Gasteiger partial charge in [-0.15, -0.1) is 0 Å². The Hall–Kier alpha value is -2.67. The van der Waals surface area contributed by atoms with Crippen molar-refractivity contribution in [3.05, 3.63) is 62.6 Å². The van der Waals surface area contributed by atoms with E-state index in [0.717, 1.165) is 10.0 Å². The van der Waals surface area contributed by atoms with Crippen LogP contribution in [-0.2, 0) is 6.42 Å². The molecule has 0 unspecified atom stereocenters. The van der Waals surface area contributed by atoms with E-state index in [1.165, 1.54) is 4.68 Å². The number of aryl methyl sites for hydroxylation is 1. The van der Waals surface area contributed by atoms with Crippen molar-refractivity contribution in [1.29, 1.82) is 0 Å². The maximum absolute atomic E-state index is 13.0. The Kier molecular flexibility index (Phi) is 6.14. The molecule has 1 heterocycles. The summed E-state index contributed by atoms with van der Waals surface area (Å²) in [4.78, 5) is 17.6. The molecule has 1 aromatic heterocycles. The van der Waals surface area contributed by atoms with E-state index in [4.69, 9.17) is 9.47 Å². The molecular formula is C21H22BrN3O3. The highest BCUT2D eigenvalue weighted by atomic mass is 79.9. The second-order valence-electron chi connectivity index (χ2n) is 6.45. The number of ether oxygens (including phenoxy) is 2. The molecule has 0 N–H and O–H groups in total. The lowest BCUT2D eigenvalue weighted by Gasteiger charge is -2.15. The van der Waals surface area contributed by atoms with Gasteiger partial charge in [0, 0.05) is 16.5 Å². The Morgan fingerprint density at radius 2 is 2.07 bits per heavy atom.